The number of thiophene rings is 1. The molecule has 4 nitrogen and oxygen atoms in total. The fourth-order valence-electron chi connectivity index (χ4n) is 3.19. The molecule has 0 aliphatic carbocycles. The lowest BCUT2D eigenvalue weighted by atomic mass is 10.1. The first-order chi connectivity index (χ1) is 11.8. The van der Waals surface area contributed by atoms with Gasteiger partial charge in [-0.1, -0.05) is 12.1 Å². The molecule has 1 aliphatic heterocycles. The Labute approximate surface area is 148 Å². The lowest BCUT2D eigenvalue weighted by molar-refractivity contribution is 0.246. The lowest BCUT2D eigenvalue weighted by Crippen LogP contribution is -2.30. The average molecular weight is 346 g/mol. The SMILES string of the molecule is COc1ccc(CN2CCCN(Cc3cccs3)CC2)c(OC)c1. The Hall–Kier alpha value is -1.56. The maximum Gasteiger partial charge on any atom is 0.127 e. The van der Waals surface area contributed by atoms with Crippen molar-refractivity contribution in [2.75, 3.05) is 40.4 Å². The Morgan fingerprint density at radius 3 is 2.42 bits per heavy atom. The third-order valence-corrected chi connectivity index (χ3v) is 5.39. The van der Waals surface area contributed by atoms with Crippen LogP contribution in [-0.4, -0.2) is 50.2 Å². The second kappa shape index (κ2) is 8.51. The van der Waals surface area contributed by atoms with Crippen LogP contribution in [-0.2, 0) is 13.1 Å². The van der Waals surface area contributed by atoms with Gasteiger partial charge in [-0.05, 0) is 37.0 Å². The van der Waals surface area contributed by atoms with Gasteiger partial charge in [0.1, 0.15) is 11.5 Å². The van der Waals surface area contributed by atoms with Gasteiger partial charge in [0.15, 0.2) is 0 Å². The molecule has 2 heterocycles. The summed E-state index contributed by atoms with van der Waals surface area (Å²) in [7, 11) is 3.41. The van der Waals surface area contributed by atoms with Crippen molar-refractivity contribution in [2.45, 2.75) is 19.5 Å². The number of benzene rings is 1. The Morgan fingerprint density at radius 2 is 1.75 bits per heavy atom. The van der Waals surface area contributed by atoms with Gasteiger partial charge in [-0.3, -0.25) is 9.80 Å². The van der Waals surface area contributed by atoms with Crippen LogP contribution < -0.4 is 9.47 Å². The fourth-order valence-corrected chi connectivity index (χ4v) is 3.93. The van der Waals surface area contributed by atoms with Gasteiger partial charge in [-0.2, -0.15) is 0 Å². The van der Waals surface area contributed by atoms with E-state index in [4.69, 9.17) is 9.47 Å². The maximum atomic E-state index is 5.54. The van der Waals surface area contributed by atoms with E-state index in [2.05, 4.69) is 33.4 Å². The molecule has 1 aromatic carbocycles. The van der Waals surface area contributed by atoms with Crippen molar-refractivity contribution in [2.24, 2.45) is 0 Å². The van der Waals surface area contributed by atoms with Crippen LogP contribution in [0.25, 0.3) is 0 Å². The van der Waals surface area contributed by atoms with Crippen LogP contribution in [0.5, 0.6) is 11.5 Å². The van der Waals surface area contributed by atoms with Crippen LogP contribution >= 0.6 is 11.3 Å². The molecule has 1 aromatic heterocycles. The molecule has 5 heteroatoms. The monoisotopic (exact) mass is 346 g/mol. The van der Waals surface area contributed by atoms with Crippen molar-refractivity contribution in [1.29, 1.82) is 0 Å². The summed E-state index contributed by atoms with van der Waals surface area (Å²) in [6.45, 7) is 6.54. The molecule has 3 rings (SSSR count). The molecule has 130 valence electrons. The highest BCUT2D eigenvalue weighted by molar-refractivity contribution is 7.09. The van der Waals surface area contributed by atoms with Gasteiger partial charge in [0, 0.05) is 42.7 Å². The predicted molar refractivity (Wildman–Crippen MR) is 99.0 cm³/mol. The summed E-state index contributed by atoms with van der Waals surface area (Å²) in [5, 5.41) is 2.16. The summed E-state index contributed by atoms with van der Waals surface area (Å²) in [6, 6.07) is 10.5. The molecule has 1 fully saturated rings. The van der Waals surface area contributed by atoms with E-state index in [1.165, 1.54) is 23.4 Å². The zero-order valence-electron chi connectivity index (χ0n) is 14.5. The van der Waals surface area contributed by atoms with E-state index in [-0.39, 0.29) is 0 Å². The number of hydrogen-bond donors (Lipinski definition) is 0. The topological polar surface area (TPSA) is 24.9 Å². The average Bonchev–Trinajstić information content (AvgIpc) is 3.02. The van der Waals surface area contributed by atoms with Crippen molar-refractivity contribution >= 4 is 11.3 Å². The van der Waals surface area contributed by atoms with Crippen molar-refractivity contribution in [3.8, 4) is 11.5 Å². The minimum atomic E-state index is 0.841. The molecule has 0 N–H and O–H groups in total. The van der Waals surface area contributed by atoms with E-state index < -0.39 is 0 Å². The Kier molecular flexibility index (Phi) is 6.12. The highest BCUT2D eigenvalue weighted by Crippen LogP contribution is 2.26. The fraction of sp³-hybridized carbons (Fsp3) is 0.474. The van der Waals surface area contributed by atoms with Gasteiger partial charge < -0.3 is 9.47 Å². The Morgan fingerprint density at radius 1 is 0.958 bits per heavy atom. The molecular formula is C19H26N2O2S. The summed E-state index contributed by atoms with van der Waals surface area (Å²) in [5.41, 5.74) is 1.23. The number of methoxy groups -OCH3 is 2. The van der Waals surface area contributed by atoms with Crippen molar-refractivity contribution in [3.05, 3.63) is 46.2 Å². The first-order valence-electron chi connectivity index (χ1n) is 8.46. The Balaban J connectivity index is 1.58. The first-order valence-corrected chi connectivity index (χ1v) is 9.34. The maximum absolute atomic E-state index is 5.54. The molecule has 1 saturated heterocycles. The smallest absolute Gasteiger partial charge is 0.127 e. The van der Waals surface area contributed by atoms with Crippen molar-refractivity contribution in [1.82, 2.24) is 9.80 Å². The third kappa shape index (κ3) is 4.50. The molecule has 0 spiro atoms. The summed E-state index contributed by atoms with van der Waals surface area (Å²) in [4.78, 5) is 6.55. The number of hydrogen-bond acceptors (Lipinski definition) is 5. The van der Waals surface area contributed by atoms with E-state index >= 15 is 0 Å². The third-order valence-electron chi connectivity index (χ3n) is 4.53. The van der Waals surface area contributed by atoms with Crippen LogP contribution in [0.4, 0.5) is 0 Å². The highest BCUT2D eigenvalue weighted by atomic mass is 32.1. The zero-order chi connectivity index (χ0) is 16.8. The molecule has 24 heavy (non-hydrogen) atoms. The molecule has 0 atom stereocenters. The van der Waals surface area contributed by atoms with Crippen LogP contribution in [0, 0.1) is 0 Å². The molecule has 1 aliphatic rings. The number of ether oxygens (including phenoxy) is 2. The van der Waals surface area contributed by atoms with Gasteiger partial charge in [0.25, 0.3) is 0 Å². The second-order valence-corrected chi connectivity index (χ2v) is 7.20. The predicted octanol–water partition coefficient (Wildman–Crippen LogP) is 3.47. The van der Waals surface area contributed by atoms with E-state index in [0.717, 1.165) is 44.2 Å². The molecule has 0 amide bonds. The summed E-state index contributed by atoms with van der Waals surface area (Å²) in [6.07, 6.45) is 1.21. The van der Waals surface area contributed by atoms with E-state index in [9.17, 15) is 0 Å². The summed E-state index contributed by atoms with van der Waals surface area (Å²) < 4.78 is 10.8. The first kappa shape index (κ1) is 17.3. The molecule has 0 unspecified atom stereocenters. The van der Waals surface area contributed by atoms with E-state index in [1.807, 2.05) is 23.5 Å². The molecule has 0 radical (unpaired) electrons. The van der Waals surface area contributed by atoms with Crippen LogP contribution in [0.2, 0.25) is 0 Å². The van der Waals surface area contributed by atoms with Crippen LogP contribution in [0.15, 0.2) is 35.7 Å². The van der Waals surface area contributed by atoms with Gasteiger partial charge in [-0.25, -0.2) is 0 Å². The standard InChI is InChI=1S/C19H26N2O2S/c1-22-17-7-6-16(19(13-17)23-2)14-20-8-4-9-21(11-10-20)15-18-5-3-12-24-18/h3,5-7,12-13H,4,8-11,14-15H2,1-2H3. The largest absolute Gasteiger partial charge is 0.497 e. The van der Waals surface area contributed by atoms with E-state index in [1.54, 1.807) is 14.2 Å². The summed E-state index contributed by atoms with van der Waals surface area (Å²) >= 11 is 1.85. The molecular weight excluding hydrogens is 320 g/mol. The van der Waals surface area contributed by atoms with Crippen molar-refractivity contribution < 1.29 is 9.47 Å². The van der Waals surface area contributed by atoms with Crippen LogP contribution in [0.3, 0.4) is 0 Å². The van der Waals surface area contributed by atoms with Gasteiger partial charge in [-0.15, -0.1) is 11.3 Å². The van der Waals surface area contributed by atoms with Crippen LogP contribution in [0.1, 0.15) is 16.9 Å². The molecule has 0 bridgehead atoms. The lowest BCUT2D eigenvalue weighted by Gasteiger charge is -2.22. The normalized spacial score (nSPS) is 16.8. The zero-order valence-corrected chi connectivity index (χ0v) is 15.3. The van der Waals surface area contributed by atoms with Gasteiger partial charge >= 0.3 is 0 Å². The highest BCUT2D eigenvalue weighted by Gasteiger charge is 2.17. The summed E-state index contributed by atoms with van der Waals surface area (Å²) in [5.74, 6) is 1.75. The number of rotatable bonds is 6. The number of nitrogens with zero attached hydrogens (tertiary/aromatic N) is 2. The molecule has 0 saturated carbocycles. The minimum Gasteiger partial charge on any atom is -0.497 e. The molecule has 2 aromatic rings. The quantitative estimate of drug-likeness (QED) is 0.800. The second-order valence-electron chi connectivity index (χ2n) is 6.16. The Bertz CT molecular complexity index is 630. The van der Waals surface area contributed by atoms with Crippen molar-refractivity contribution in [3.63, 3.8) is 0 Å². The minimum absolute atomic E-state index is 0.841. The van der Waals surface area contributed by atoms with Gasteiger partial charge in [0.2, 0.25) is 0 Å². The van der Waals surface area contributed by atoms with E-state index in [0.29, 0.717) is 0 Å². The van der Waals surface area contributed by atoms with Gasteiger partial charge in [0.05, 0.1) is 14.2 Å².